The van der Waals surface area contributed by atoms with Crippen LogP contribution in [0.5, 0.6) is 0 Å². The molecule has 1 unspecified atom stereocenters. The maximum Gasteiger partial charge on any atom is 0.220 e. The van der Waals surface area contributed by atoms with Crippen molar-refractivity contribution in [1.29, 1.82) is 0 Å². The van der Waals surface area contributed by atoms with Crippen LogP contribution in [0.3, 0.4) is 0 Å². The summed E-state index contributed by atoms with van der Waals surface area (Å²) in [5.41, 5.74) is 2.09. The third kappa shape index (κ3) is 3.73. The summed E-state index contributed by atoms with van der Waals surface area (Å²) in [6.07, 6.45) is 0.520. The molecule has 1 heterocycles. The second kappa shape index (κ2) is 6.27. The third-order valence-electron chi connectivity index (χ3n) is 3.62. The Morgan fingerprint density at radius 2 is 2.20 bits per heavy atom. The molecular weight excluding hydrogens is 252 g/mol. The first kappa shape index (κ1) is 14.9. The fourth-order valence-corrected chi connectivity index (χ4v) is 2.59. The molecule has 0 spiro atoms. The minimum absolute atomic E-state index is 0.0845. The average molecular weight is 276 g/mol. The predicted molar refractivity (Wildman–Crippen MR) is 81.0 cm³/mol. The predicted octanol–water partition coefficient (Wildman–Crippen LogP) is 2.52. The van der Waals surface area contributed by atoms with E-state index < -0.39 is 0 Å². The molecule has 20 heavy (non-hydrogen) atoms. The number of fused-ring (bicyclic) bond motifs is 1. The van der Waals surface area contributed by atoms with E-state index in [-0.39, 0.29) is 17.4 Å². The Balaban J connectivity index is 1.84. The summed E-state index contributed by atoms with van der Waals surface area (Å²) in [5, 5.41) is 6.32. The van der Waals surface area contributed by atoms with Crippen molar-refractivity contribution < 1.29 is 9.53 Å². The van der Waals surface area contributed by atoms with Gasteiger partial charge in [-0.25, -0.2) is 0 Å². The Morgan fingerprint density at radius 3 is 2.95 bits per heavy atom. The molecule has 1 aromatic rings. The summed E-state index contributed by atoms with van der Waals surface area (Å²) < 4.78 is 5.58. The molecular formula is C16H24N2O2. The van der Waals surface area contributed by atoms with Gasteiger partial charge < -0.3 is 15.4 Å². The first-order chi connectivity index (χ1) is 9.52. The molecule has 0 aromatic heterocycles. The number of hydrogen-bond acceptors (Lipinski definition) is 3. The van der Waals surface area contributed by atoms with Crippen LogP contribution in [0.2, 0.25) is 0 Å². The number of hydrogen-bond donors (Lipinski definition) is 2. The van der Waals surface area contributed by atoms with Gasteiger partial charge in [0, 0.05) is 37.7 Å². The maximum absolute atomic E-state index is 12.1. The molecule has 4 heteroatoms. The van der Waals surface area contributed by atoms with E-state index in [1.165, 1.54) is 5.56 Å². The summed E-state index contributed by atoms with van der Waals surface area (Å²) in [6.45, 7) is 7.98. The summed E-state index contributed by atoms with van der Waals surface area (Å²) in [6, 6.07) is 8.19. The van der Waals surface area contributed by atoms with Gasteiger partial charge in [0.05, 0.1) is 5.60 Å². The first-order valence-electron chi connectivity index (χ1n) is 7.25. The van der Waals surface area contributed by atoms with Crippen molar-refractivity contribution in [1.82, 2.24) is 5.32 Å². The number of rotatable bonds is 6. The standard InChI is InChI=1S/C16H24N2O2/c1-4-20-16(2,3)11-18-15(19)9-12-10-17-14-8-6-5-7-13(12)14/h5-8,12,17H,4,9-11H2,1-3H3,(H,18,19). The van der Waals surface area contributed by atoms with Crippen molar-refractivity contribution >= 4 is 11.6 Å². The molecule has 0 aliphatic carbocycles. The van der Waals surface area contributed by atoms with Crippen LogP contribution in [0.15, 0.2) is 24.3 Å². The molecule has 1 amide bonds. The molecule has 4 nitrogen and oxygen atoms in total. The van der Waals surface area contributed by atoms with Crippen molar-refractivity contribution in [2.75, 3.05) is 25.0 Å². The van der Waals surface area contributed by atoms with E-state index in [1.54, 1.807) is 0 Å². The highest BCUT2D eigenvalue weighted by Crippen LogP contribution is 2.32. The zero-order valence-electron chi connectivity index (χ0n) is 12.5. The van der Waals surface area contributed by atoms with E-state index in [2.05, 4.69) is 22.8 Å². The fourth-order valence-electron chi connectivity index (χ4n) is 2.59. The van der Waals surface area contributed by atoms with Gasteiger partial charge in [-0.3, -0.25) is 4.79 Å². The summed E-state index contributed by atoms with van der Waals surface area (Å²) in [7, 11) is 0. The van der Waals surface area contributed by atoms with Gasteiger partial charge in [-0.05, 0) is 32.4 Å². The lowest BCUT2D eigenvalue weighted by atomic mass is 9.97. The zero-order valence-corrected chi connectivity index (χ0v) is 12.5. The van der Waals surface area contributed by atoms with Crippen molar-refractivity contribution in [2.24, 2.45) is 0 Å². The summed E-state index contributed by atoms with van der Waals surface area (Å²) in [5.74, 6) is 0.350. The number of amides is 1. The molecule has 0 saturated heterocycles. The van der Waals surface area contributed by atoms with Gasteiger partial charge in [-0.2, -0.15) is 0 Å². The third-order valence-corrected chi connectivity index (χ3v) is 3.62. The molecule has 2 N–H and O–H groups in total. The number of benzene rings is 1. The van der Waals surface area contributed by atoms with Crippen molar-refractivity contribution in [3.05, 3.63) is 29.8 Å². The van der Waals surface area contributed by atoms with Gasteiger partial charge in [0.1, 0.15) is 0 Å². The molecule has 0 saturated carbocycles. The van der Waals surface area contributed by atoms with E-state index in [9.17, 15) is 4.79 Å². The van der Waals surface area contributed by atoms with Gasteiger partial charge in [0.2, 0.25) is 5.91 Å². The van der Waals surface area contributed by atoms with Gasteiger partial charge in [0.15, 0.2) is 0 Å². The second-order valence-corrected chi connectivity index (χ2v) is 5.84. The van der Waals surface area contributed by atoms with Crippen LogP contribution in [0.25, 0.3) is 0 Å². The Kier molecular flexibility index (Phi) is 4.65. The number of ether oxygens (including phenoxy) is 1. The van der Waals surface area contributed by atoms with Gasteiger partial charge >= 0.3 is 0 Å². The maximum atomic E-state index is 12.1. The van der Waals surface area contributed by atoms with Crippen LogP contribution >= 0.6 is 0 Å². The lowest BCUT2D eigenvalue weighted by molar-refractivity contribution is -0.123. The Hall–Kier alpha value is -1.55. The number of anilines is 1. The van der Waals surface area contributed by atoms with Crippen LogP contribution in [0.1, 0.15) is 38.7 Å². The molecule has 0 bridgehead atoms. The first-order valence-corrected chi connectivity index (χ1v) is 7.25. The van der Waals surface area contributed by atoms with Crippen molar-refractivity contribution in [3.8, 4) is 0 Å². The quantitative estimate of drug-likeness (QED) is 0.839. The molecule has 110 valence electrons. The van der Waals surface area contributed by atoms with E-state index in [1.807, 2.05) is 32.9 Å². The molecule has 1 aliphatic heterocycles. The molecule has 1 aromatic carbocycles. The highest BCUT2D eigenvalue weighted by Gasteiger charge is 2.25. The molecule has 1 aliphatic rings. The number of nitrogens with one attached hydrogen (secondary N) is 2. The Bertz CT molecular complexity index is 471. The SMILES string of the molecule is CCOC(C)(C)CNC(=O)CC1CNc2ccccc21. The minimum Gasteiger partial charge on any atom is -0.384 e. The highest BCUT2D eigenvalue weighted by atomic mass is 16.5. The van der Waals surface area contributed by atoms with Crippen molar-refractivity contribution in [2.45, 2.75) is 38.7 Å². The number of carbonyl (C=O) groups is 1. The summed E-state index contributed by atoms with van der Waals surface area (Å²) in [4.78, 5) is 12.1. The fraction of sp³-hybridized carbons (Fsp3) is 0.562. The van der Waals surface area contributed by atoms with Gasteiger partial charge in [-0.1, -0.05) is 18.2 Å². The van der Waals surface area contributed by atoms with E-state index in [0.29, 0.717) is 19.6 Å². The van der Waals surface area contributed by atoms with E-state index in [0.717, 1.165) is 12.2 Å². The van der Waals surface area contributed by atoms with Crippen molar-refractivity contribution in [3.63, 3.8) is 0 Å². The van der Waals surface area contributed by atoms with E-state index in [4.69, 9.17) is 4.74 Å². The van der Waals surface area contributed by atoms with Crippen LogP contribution in [0.4, 0.5) is 5.69 Å². The number of carbonyl (C=O) groups excluding carboxylic acids is 1. The number of para-hydroxylation sites is 1. The van der Waals surface area contributed by atoms with Gasteiger partial charge in [0.25, 0.3) is 0 Å². The smallest absolute Gasteiger partial charge is 0.220 e. The van der Waals surface area contributed by atoms with Crippen LogP contribution in [-0.2, 0) is 9.53 Å². The average Bonchev–Trinajstić information content (AvgIpc) is 2.80. The largest absolute Gasteiger partial charge is 0.384 e. The second-order valence-electron chi connectivity index (χ2n) is 5.84. The monoisotopic (exact) mass is 276 g/mol. The van der Waals surface area contributed by atoms with Gasteiger partial charge in [-0.15, -0.1) is 0 Å². The minimum atomic E-state index is -0.309. The van der Waals surface area contributed by atoms with Crippen LogP contribution < -0.4 is 10.6 Å². The lowest BCUT2D eigenvalue weighted by Crippen LogP contribution is -2.40. The topological polar surface area (TPSA) is 50.4 Å². The Labute approximate surface area is 120 Å². The van der Waals surface area contributed by atoms with Crippen LogP contribution in [-0.4, -0.2) is 31.2 Å². The summed E-state index contributed by atoms with van der Waals surface area (Å²) >= 11 is 0. The van der Waals surface area contributed by atoms with Crippen LogP contribution in [0, 0.1) is 0 Å². The Morgan fingerprint density at radius 1 is 1.45 bits per heavy atom. The highest BCUT2D eigenvalue weighted by molar-refractivity contribution is 5.78. The molecule has 1 atom stereocenters. The van der Waals surface area contributed by atoms with E-state index >= 15 is 0 Å². The lowest BCUT2D eigenvalue weighted by Gasteiger charge is -2.25. The molecule has 2 rings (SSSR count). The zero-order chi connectivity index (χ0) is 14.6. The normalized spacial score (nSPS) is 17.4. The molecule has 0 fully saturated rings. The molecule has 0 radical (unpaired) electrons.